The van der Waals surface area contributed by atoms with Crippen molar-refractivity contribution in [3.63, 3.8) is 0 Å². The fraction of sp³-hybridized carbons (Fsp3) is 0.600. The Kier molecular flexibility index (Phi) is 5.99. The first-order chi connectivity index (χ1) is 9.19. The standard InChI is InChI=1S/C15H21ClFNS/c1-18-13(10-19-14-4-2-3-5-14)9-11-8-12(17)6-7-15(11)16/h6-8,13-14,18H,2-5,9-10H2,1H3. The summed E-state index contributed by atoms with van der Waals surface area (Å²) in [5.74, 6) is 0.853. The van der Waals surface area contributed by atoms with Crippen LogP contribution in [0.2, 0.25) is 5.02 Å². The van der Waals surface area contributed by atoms with Crippen LogP contribution in [0.5, 0.6) is 0 Å². The summed E-state index contributed by atoms with van der Waals surface area (Å²) in [7, 11) is 1.97. The molecular formula is C15H21ClFNS. The Morgan fingerprint density at radius 3 is 2.84 bits per heavy atom. The van der Waals surface area contributed by atoms with Crippen LogP contribution in [0.4, 0.5) is 4.39 Å². The summed E-state index contributed by atoms with van der Waals surface area (Å²) in [5, 5.41) is 4.80. The van der Waals surface area contributed by atoms with Crippen LogP contribution in [0, 0.1) is 5.82 Å². The molecule has 0 amide bonds. The van der Waals surface area contributed by atoms with Gasteiger partial charge in [-0.1, -0.05) is 24.4 Å². The molecule has 2 rings (SSSR count). The zero-order chi connectivity index (χ0) is 13.7. The fourth-order valence-corrected chi connectivity index (χ4v) is 4.17. The van der Waals surface area contributed by atoms with Crippen LogP contribution in [-0.2, 0) is 6.42 Å². The molecule has 0 aromatic heterocycles. The highest BCUT2D eigenvalue weighted by atomic mass is 35.5. The van der Waals surface area contributed by atoms with E-state index in [1.807, 2.05) is 18.8 Å². The second-order valence-electron chi connectivity index (χ2n) is 5.17. The lowest BCUT2D eigenvalue weighted by atomic mass is 10.1. The van der Waals surface area contributed by atoms with Crippen LogP contribution in [0.25, 0.3) is 0 Å². The molecule has 1 N–H and O–H groups in total. The number of nitrogens with one attached hydrogen (secondary N) is 1. The third-order valence-electron chi connectivity index (χ3n) is 3.72. The van der Waals surface area contributed by atoms with Crippen LogP contribution < -0.4 is 5.32 Å². The van der Waals surface area contributed by atoms with E-state index in [0.717, 1.165) is 23.0 Å². The SMILES string of the molecule is CNC(CSC1CCCC1)Cc1cc(F)ccc1Cl. The monoisotopic (exact) mass is 301 g/mol. The maximum absolute atomic E-state index is 13.2. The lowest BCUT2D eigenvalue weighted by Crippen LogP contribution is -2.30. The van der Waals surface area contributed by atoms with E-state index < -0.39 is 0 Å². The van der Waals surface area contributed by atoms with Crippen molar-refractivity contribution < 1.29 is 4.39 Å². The molecule has 4 heteroatoms. The van der Waals surface area contributed by atoms with Crippen LogP contribution >= 0.6 is 23.4 Å². The Balaban J connectivity index is 1.88. The van der Waals surface area contributed by atoms with Gasteiger partial charge in [-0.3, -0.25) is 0 Å². The number of halogens is 2. The molecule has 0 radical (unpaired) electrons. The summed E-state index contributed by atoms with van der Waals surface area (Å²) in [5.41, 5.74) is 0.896. The first-order valence-corrected chi connectivity index (χ1v) is 8.34. The van der Waals surface area contributed by atoms with Crippen molar-refractivity contribution in [3.05, 3.63) is 34.6 Å². The minimum Gasteiger partial charge on any atom is -0.316 e. The lowest BCUT2D eigenvalue weighted by Gasteiger charge is -2.19. The molecule has 0 bridgehead atoms. The number of benzene rings is 1. The van der Waals surface area contributed by atoms with E-state index in [-0.39, 0.29) is 5.82 Å². The van der Waals surface area contributed by atoms with Gasteiger partial charge in [-0.15, -0.1) is 0 Å². The van der Waals surface area contributed by atoms with Crippen LogP contribution in [0.1, 0.15) is 31.2 Å². The molecule has 1 aliphatic rings. The van der Waals surface area contributed by atoms with Crippen LogP contribution in [0.15, 0.2) is 18.2 Å². The van der Waals surface area contributed by atoms with E-state index in [9.17, 15) is 4.39 Å². The smallest absolute Gasteiger partial charge is 0.123 e. The third-order valence-corrected chi connectivity index (χ3v) is 5.62. The maximum Gasteiger partial charge on any atom is 0.123 e. The van der Waals surface area contributed by atoms with Gasteiger partial charge in [0.1, 0.15) is 5.82 Å². The molecule has 1 atom stereocenters. The van der Waals surface area contributed by atoms with Crippen molar-refractivity contribution in [1.82, 2.24) is 5.32 Å². The highest BCUT2D eigenvalue weighted by molar-refractivity contribution is 7.99. The molecule has 106 valence electrons. The Labute approximate surface area is 124 Å². The first-order valence-electron chi connectivity index (χ1n) is 6.92. The normalized spacial score (nSPS) is 17.8. The van der Waals surface area contributed by atoms with Gasteiger partial charge in [0.15, 0.2) is 0 Å². The molecule has 1 aromatic rings. The maximum atomic E-state index is 13.2. The summed E-state index contributed by atoms with van der Waals surface area (Å²) >= 11 is 8.17. The third kappa shape index (κ3) is 4.66. The van der Waals surface area contributed by atoms with Crippen molar-refractivity contribution in [2.45, 2.75) is 43.4 Å². The van der Waals surface area contributed by atoms with Gasteiger partial charge in [0.05, 0.1) is 0 Å². The fourth-order valence-electron chi connectivity index (χ4n) is 2.52. The molecule has 1 nitrogen and oxygen atoms in total. The molecule has 19 heavy (non-hydrogen) atoms. The number of hydrogen-bond acceptors (Lipinski definition) is 2. The lowest BCUT2D eigenvalue weighted by molar-refractivity contribution is 0.602. The number of likely N-dealkylation sites (N-methyl/N-ethyl adjacent to an activating group) is 1. The molecule has 1 unspecified atom stereocenters. The van der Waals surface area contributed by atoms with E-state index >= 15 is 0 Å². The van der Waals surface area contributed by atoms with Crippen LogP contribution in [-0.4, -0.2) is 24.1 Å². The minimum absolute atomic E-state index is 0.210. The zero-order valence-electron chi connectivity index (χ0n) is 11.3. The highest BCUT2D eigenvalue weighted by Gasteiger charge is 2.18. The quantitative estimate of drug-likeness (QED) is 0.841. The topological polar surface area (TPSA) is 12.0 Å². The molecule has 1 saturated carbocycles. The summed E-state index contributed by atoms with van der Waals surface area (Å²) in [6.07, 6.45) is 6.23. The number of rotatable bonds is 6. The summed E-state index contributed by atoms with van der Waals surface area (Å²) < 4.78 is 13.2. The zero-order valence-corrected chi connectivity index (χ0v) is 12.9. The Morgan fingerprint density at radius 2 is 2.16 bits per heavy atom. The van der Waals surface area contributed by atoms with Crippen LogP contribution in [0.3, 0.4) is 0 Å². The van der Waals surface area contributed by atoms with Gasteiger partial charge in [-0.05, 0) is 50.1 Å². The Hall–Kier alpha value is -0.250. The second kappa shape index (κ2) is 7.51. The summed E-state index contributed by atoms with van der Waals surface area (Å²) in [4.78, 5) is 0. The first kappa shape index (κ1) is 15.1. The van der Waals surface area contributed by atoms with Gasteiger partial charge < -0.3 is 5.32 Å². The second-order valence-corrected chi connectivity index (χ2v) is 6.91. The highest BCUT2D eigenvalue weighted by Crippen LogP contribution is 2.30. The molecule has 0 saturated heterocycles. The molecule has 1 fully saturated rings. The summed E-state index contributed by atoms with van der Waals surface area (Å²) in [6, 6.07) is 4.95. The van der Waals surface area contributed by atoms with Crippen molar-refractivity contribution in [1.29, 1.82) is 0 Å². The Bertz CT molecular complexity index is 407. The molecule has 0 heterocycles. The van der Waals surface area contributed by atoms with Gasteiger partial charge in [0.25, 0.3) is 0 Å². The van der Waals surface area contributed by atoms with E-state index in [1.165, 1.54) is 31.7 Å². The van der Waals surface area contributed by atoms with Crippen molar-refractivity contribution in [2.24, 2.45) is 0 Å². The number of hydrogen-bond donors (Lipinski definition) is 1. The van der Waals surface area contributed by atoms with Gasteiger partial charge in [-0.2, -0.15) is 11.8 Å². The molecular weight excluding hydrogens is 281 g/mol. The molecule has 1 aromatic carbocycles. The van der Waals surface area contributed by atoms with Gasteiger partial charge >= 0.3 is 0 Å². The predicted molar refractivity (Wildman–Crippen MR) is 82.7 cm³/mol. The van der Waals surface area contributed by atoms with E-state index in [1.54, 1.807) is 12.1 Å². The predicted octanol–water partition coefficient (Wildman–Crippen LogP) is 4.29. The average Bonchev–Trinajstić information content (AvgIpc) is 2.91. The van der Waals surface area contributed by atoms with E-state index in [4.69, 9.17) is 11.6 Å². The Morgan fingerprint density at radius 1 is 1.42 bits per heavy atom. The minimum atomic E-state index is -0.210. The van der Waals surface area contributed by atoms with Crippen molar-refractivity contribution in [2.75, 3.05) is 12.8 Å². The summed E-state index contributed by atoms with van der Waals surface area (Å²) in [6.45, 7) is 0. The van der Waals surface area contributed by atoms with Gasteiger partial charge in [-0.25, -0.2) is 4.39 Å². The van der Waals surface area contributed by atoms with Crippen molar-refractivity contribution >= 4 is 23.4 Å². The van der Waals surface area contributed by atoms with Gasteiger partial charge in [0, 0.05) is 22.1 Å². The van der Waals surface area contributed by atoms with E-state index in [0.29, 0.717) is 11.1 Å². The number of thioether (sulfide) groups is 1. The molecule has 1 aliphatic carbocycles. The molecule has 0 aliphatic heterocycles. The van der Waals surface area contributed by atoms with Crippen molar-refractivity contribution in [3.8, 4) is 0 Å². The average molecular weight is 302 g/mol. The largest absolute Gasteiger partial charge is 0.316 e. The van der Waals surface area contributed by atoms with E-state index in [2.05, 4.69) is 5.32 Å². The van der Waals surface area contributed by atoms with Gasteiger partial charge in [0.2, 0.25) is 0 Å². The molecule has 0 spiro atoms.